The number of amides is 2. The van der Waals surface area contributed by atoms with Crippen LogP contribution in [0.25, 0.3) is 0 Å². The van der Waals surface area contributed by atoms with Gasteiger partial charge in [-0.05, 0) is 49.6 Å². The number of para-hydroxylation sites is 1. The highest BCUT2D eigenvalue weighted by Crippen LogP contribution is 2.19. The van der Waals surface area contributed by atoms with Crippen LogP contribution in [-0.4, -0.2) is 58.9 Å². The molecule has 1 aromatic heterocycles. The number of benzene rings is 2. The van der Waals surface area contributed by atoms with Crippen molar-refractivity contribution in [1.82, 2.24) is 14.4 Å². The van der Waals surface area contributed by atoms with E-state index < -0.39 is 0 Å². The van der Waals surface area contributed by atoms with Gasteiger partial charge in [-0.25, -0.2) is 0 Å². The van der Waals surface area contributed by atoms with Crippen molar-refractivity contribution in [2.75, 3.05) is 38.0 Å². The van der Waals surface area contributed by atoms with Crippen molar-refractivity contribution in [1.29, 1.82) is 0 Å². The number of aromatic nitrogens is 1. The Labute approximate surface area is 206 Å². The number of anilines is 1. The molecule has 1 aliphatic rings. The van der Waals surface area contributed by atoms with Crippen LogP contribution in [0.4, 0.5) is 5.69 Å². The number of piperazine rings is 1. The van der Waals surface area contributed by atoms with Crippen molar-refractivity contribution in [2.45, 2.75) is 27.3 Å². The van der Waals surface area contributed by atoms with Crippen LogP contribution in [0.15, 0.2) is 65.6 Å². The van der Waals surface area contributed by atoms with Crippen LogP contribution in [0.1, 0.15) is 32.6 Å². The van der Waals surface area contributed by atoms with Crippen LogP contribution >= 0.6 is 0 Å². The monoisotopic (exact) mass is 472 g/mol. The lowest BCUT2D eigenvalue weighted by molar-refractivity contribution is -0.117. The van der Waals surface area contributed by atoms with E-state index in [9.17, 15) is 14.4 Å². The van der Waals surface area contributed by atoms with Crippen molar-refractivity contribution in [3.8, 4) is 0 Å². The second-order valence-electron chi connectivity index (χ2n) is 9.23. The second kappa shape index (κ2) is 10.7. The average molecular weight is 473 g/mol. The Balaban J connectivity index is 1.35. The Morgan fingerprint density at radius 3 is 2.26 bits per heavy atom. The van der Waals surface area contributed by atoms with Crippen molar-refractivity contribution in [2.24, 2.45) is 0 Å². The number of carbonyl (C=O) groups is 2. The maximum Gasteiger partial charge on any atom is 0.263 e. The molecule has 0 spiro atoms. The molecule has 1 N–H and O–H groups in total. The molecule has 0 unspecified atom stereocenters. The first kappa shape index (κ1) is 24.4. The summed E-state index contributed by atoms with van der Waals surface area (Å²) in [5.41, 5.74) is 4.97. The molecule has 0 aliphatic carbocycles. The Kier molecular flexibility index (Phi) is 7.46. The minimum Gasteiger partial charge on any atom is -0.336 e. The first-order valence-electron chi connectivity index (χ1n) is 11.9. The summed E-state index contributed by atoms with van der Waals surface area (Å²) in [7, 11) is 0. The summed E-state index contributed by atoms with van der Waals surface area (Å²) in [5.74, 6) is -0.322. The lowest BCUT2D eigenvalue weighted by atomic mass is 10.1. The van der Waals surface area contributed by atoms with Crippen LogP contribution in [0.5, 0.6) is 0 Å². The smallest absolute Gasteiger partial charge is 0.263 e. The van der Waals surface area contributed by atoms with Gasteiger partial charge >= 0.3 is 0 Å². The predicted octanol–water partition coefficient (Wildman–Crippen LogP) is 3.22. The average Bonchev–Trinajstić information content (AvgIpc) is 2.83. The van der Waals surface area contributed by atoms with Gasteiger partial charge in [0, 0.05) is 38.1 Å². The third kappa shape index (κ3) is 5.87. The lowest BCUT2D eigenvalue weighted by Gasteiger charge is -2.34. The Bertz CT molecular complexity index is 1270. The van der Waals surface area contributed by atoms with E-state index in [0.717, 1.165) is 27.9 Å². The van der Waals surface area contributed by atoms with E-state index in [0.29, 0.717) is 32.7 Å². The van der Waals surface area contributed by atoms with E-state index >= 15 is 0 Å². The standard InChI is InChI=1S/C28H32N4O3/c1-20-7-4-10-23(17-20)18-32-12-6-11-24(28(32)35)27(34)31-15-13-30(14-16-31)19-25(33)29-26-21(2)8-5-9-22(26)3/h4-12,17H,13-16,18-19H2,1-3H3,(H,29,33). The summed E-state index contributed by atoms with van der Waals surface area (Å²) in [6.45, 7) is 8.77. The number of aryl methyl sites for hydroxylation is 3. The van der Waals surface area contributed by atoms with E-state index in [1.165, 1.54) is 0 Å². The van der Waals surface area contributed by atoms with Gasteiger partial charge in [-0.1, -0.05) is 48.0 Å². The molecule has 4 rings (SSSR count). The fraction of sp³-hybridized carbons (Fsp3) is 0.321. The maximum atomic E-state index is 13.1. The normalized spacial score (nSPS) is 14.1. The molecule has 7 nitrogen and oxygen atoms in total. The molecular formula is C28H32N4O3. The van der Waals surface area contributed by atoms with Gasteiger partial charge in [-0.15, -0.1) is 0 Å². The van der Waals surface area contributed by atoms with Gasteiger partial charge in [-0.3, -0.25) is 19.3 Å². The SMILES string of the molecule is Cc1cccc(Cn2cccc(C(=O)N3CCN(CC(=O)Nc4c(C)cccc4C)CC3)c2=O)c1. The topological polar surface area (TPSA) is 74.7 Å². The van der Waals surface area contributed by atoms with Gasteiger partial charge in [0.1, 0.15) is 5.56 Å². The highest BCUT2D eigenvalue weighted by Gasteiger charge is 2.25. The molecule has 2 aromatic carbocycles. The zero-order chi connectivity index (χ0) is 24.9. The predicted molar refractivity (Wildman–Crippen MR) is 138 cm³/mol. The van der Waals surface area contributed by atoms with Crippen molar-refractivity contribution >= 4 is 17.5 Å². The van der Waals surface area contributed by atoms with E-state index in [1.807, 2.05) is 68.1 Å². The number of pyridine rings is 1. The molecule has 0 saturated carbocycles. The van der Waals surface area contributed by atoms with E-state index in [1.54, 1.807) is 27.8 Å². The summed E-state index contributed by atoms with van der Waals surface area (Å²) in [4.78, 5) is 42.5. The molecule has 3 aromatic rings. The molecule has 1 aliphatic heterocycles. The number of hydrogen-bond acceptors (Lipinski definition) is 4. The Hall–Kier alpha value is -3.71. The Morgan fingerprint density at radius 2 is 1.57 bits per heavy atom. The van der Waals surface area contributed by atoms with E-state index in [-0.39, 0.29) is 29.5 Å². The second-order valence-corrected chi connectivity index (χ2v) is 9.23. The molecule has 2 heterocycles. The maximum absolute atomic E-state index is 13.1. The van der Waals surface area contributed by atoms with Gasteiger partial charge < -0.3 is 14.8 Å². The first-order valence-corrected chi connectivity index (χ1v) is 11.9. The summed E-state index contributed by atoms with van der Waals surface area (Å²) in [6, 6.07) is 17.3. The summed E-state index contributed by atoms with van der Waals surface area (Å²) < 4.78 is 1.58. The quantitative estimate of drug-likeness (QED) is 0.598. The highest BCUT2D eigenvalue weighted by atomic mass is 16.2. The van der Waals surface area contributed by atoms with Gasteiger partial charge in [-0.2, -0.15) is 0 Å². The fourth-order valence-electron chi connectivity index (χ4n) is 4.50. The minimum absolute atomic E-state index is 0.0655. The minimum atomic E-state index is -0.283. The zero-order valence-corrected chi connectivity index (χ0v) is 20.6. The summed E-state index contributed by atoms with van der Waals surface area (Å²) in [6.07, 6.45) is 1.72. The molecule has 0 atom stereocenters. The van der Waals surface area contributed by atoms with Crippen LogP contribution in [0.3, 0.4) is 0 Å². The van der Waals surface area contributed by atoms with Crippen LogP contribution in [0, 0.1) is 20.8 Å². The first-order chi connectivity index (χ1) is 16.8. The number of hydrogen-bond donors (Lipinski definition) is 1. The van der Waals surface area contributed by atoms with E-state index in [2.05, 4.69) is 5.32 Å². The molecule has 0 radical (unpaired) electrons. The number of rotatable bonds is 6. The number of carbonyl (C=O) groups excluding carboxylic acids is 2. The van der Waals surface area contributed by atoms with Crippen molar-refractivity contribution in [3.05, 3.63) is 99.0 Å². The number of nitrogens with one attached hydrogen (secondary N) is 1. The number of nitrogens with zero attached hydrogens (tertiary/aromatic N) is 3. The third-order valence-corrected chi connectivity index (χ3v) is 6.46. The zero-order valence-electron chi connectivity index (χ0n) is 20.6. The van der Waals surface area contributed by atoms with Gasteiger partial charge in [0.2, 0.25) is 5.91 Å². The van der Waals surface area contributed by atoms with Gasteiger partial charge in [0.15, 0.2) is 0 Å². The molecule has 2 amide bonds. The summed E-state index contributed by atoms with van der Waals surface area (Å²) in [5, 5.41) is 3.02. The Morgan fingerprint density at radius 1 is 0.886 bits per heavy atom. The van der Waals surface area contributed by atoms with Gasteiger partial charge in [0.25, 0.3) is 11.5 Å². The molecular weight excluding hydrogens is 440 g/mol. The van der Waals surface area contributed by atoms with E-state index in [4.69, 9.17) is 0 Å². The molecule has 35 heavy (non-hydrogen) atoms. The molecule has 182 valence electrons. The third-order valence-electron chi connectivity index (χ3n) is 6.46. The molecule has 0 bridgehead atoms. The molecule has 1 saturated heterocycles. The lowest BCUT2D eigenvalue weighted by Crippen LogP contribution is -2.51. The van der Waals surface area contributed by atoms with Crippen LogP contribution in [0.2, 0.25) is 0 Å². The highest BCUT2D eigenvalue weighted by molar-refractivity contribution is 5.94. The molecule has 7 heteroatoms. The van der Waals surface area contributed by atoms with Gasteiger partial charge in [0.05, 0.1) is 13.1 Å². The van der Waals surface area contributed by atoms with Crippen molar-refractivity contribution < 1.29 is 9.59 Å². The molecule has 1 fully saturated rings. The fourth-order valence-corrected chi connectivity index (χ4v) is 4.50. The van der Waals surface area contributed by atoms with Crippen LogP contribution in [-0.2, 0) is 11.3 Å². The summed E-state index contributed by atoms with van der Waals surface area (Å²) >= 11 is 0. The van der Waals surface area contributed by atoms with Crippen LogP contribution < -0.4 is 10.9 Å². The largest absolute Gasteiger partial charge is 0.336 e. The van der Waals surface area contributed by atoms with Crippen molar-refractivity contribution in [3.63, 3.8) is 0 Å².